The summed E-state index contributed by atoms with van der Waals surface area (Å²) in [6.45, 7) is 0. The number of alkyl halides is 3. The molecule has 8 heteroatoms. The van der Waals surface area contributed by atoms with Crippen LogP contribution >= 0.6 is 28.3 Å². The van der Waals surface area contributed by atoms with E-state index in [0.717, 1.165) is 19.2 Å². The standard InChI is InChI=1S/C10H9BrF3NO2.ClH/c1-17-9(16)8(15)5-2-6(10(12,13)14)4-7(11)3-5;/h2-4,8H,15H2,1H3;1H/t8-;/m1./s1. The molecular weight excluding hydrogens is 338 g/mol. The van der Waals surface area contributed by atoms with Gasteiger partial charge in [0, 0.05) is 4.47 Å². The minimum absolute atomic E-state index is 0. The number of nitrogens with two attached hydrogens (primary N) is 1. The van der Waals surface area contributed by atoms with E-state index in [1.54, 1.807) is 0 Å². The Bertz CT molecular complexity index is 440. The number of carbonyl (C=O) groups is 1. The van der Waals surface area contributed by atoms with Crippen LogP contribution < -0.4 is 5.73 Å². The summed E-state index contributed by atoms with van der Waals surface area (Å²) in [5.41, 5.74) is 4.63. The Morgan fingerprint density at radius 1 is 1.39 bits per heavy atom. The molecule has 0 aliphatic rings. The van der Waals surface area contributed by atoms with Crippen molar-refractivity contribution < 1.29 is 22.7 Å². The molecular formula is C10H10BrClF3NO2. The van der Waals surface area contributed by atoms with Crippen LogP contribution in [0, 0.1) is 0 Å². The molecule has 0 aliphatic carbocycles. The zero-order valence-corrected chi connectivity index (χ0v) is 11.5. The van der Waals surface area contributed by atoms with Gasteiger partial charge < -0.3 is 10.5 Å². The lowest BCUT2D eigenvalue weighted by Crippen LogP contribution is -2.23. The first-order valence-electron chi connectivity index (χ1n) is 4.47. The summed E-state index contributed by atoms with van der Waals surface area (Å²) in [6.07, 6.45) is -4.49. The number of esters is 1. The molecule has 2 N–H and O–H groups in total. The minimum Gasteiger partial charge on any atom is -0.468 e. The Morgan fingerprint density at radius 2 is 1.94 bits per heavy atom. The van der Waals surface area contributed by atoms with Gasteiger partial charge in [0.1, 0.15) is 6.04 Å². The number of methoxy groups -OCH3 is 1. The Hall–Kier alpha value is -0.790. The third-order valence-corrected chi connectivity index (χ3v) is 2.52. The van der Waals surface area contributed by atoms with Crippen LogP contribution in [0.5, 0.6) is 0 Å². The fourth-order valence-corrected chi connectivity index (χ4v) is 1.73. The van der Waals surface area contributed by atoms with E-state index in [2.05, 4.69) is 20.7 Å². The molecule has 3 nitrogen and oxygen atoms in total. The van der Waals surface area contributed by atoms with Gasteiger partial charge in [-0.25, -0.2) is 0 Å². The van der Waals surface area contributed by atoms with Crippen LogP contribution in [0.2, 0.25) is 0 Å². The van der Waals surface area contributed by atoms with Crippen LogP contribution in [0.15, 0.2) is 22.7 Å². The van der Waals surface area contributed by atoms with Crippen LogP contribution in [-0.4, -0.2) is 13.1 Å². The van der Waals surface area contributed by atoms with Crippen molar-refractivity contribution in [2.45, 2.75) is 12.2 Å². The smallest absolute Gasteiger partial charge is 0.416 e. The van der Waals surface area contributed by atoms with E-state index in [1.165, 1.54) is 6.07 Å². The Labute approximate surface area is 116 Å². The van der Waals surface area contributed by atoms with Crippen molar-refractivity contribution in [3.05, 3.63) is 33.8 Å². The van der Waals surface area contributed by atoms with E-state index >= 15 is 0 Å². The van der Waals surface area contributed by atoms with Crippen molar-refractivity contribution >= 4 is 34.3 Å². The Kier molecular flexibility index (Phi) is 6.12. The first-order valence-corrected chi connectivity index (χ1v) is 5.26. The van der Waals surface area contributed by atoms with Gasteiger partial charge in [0.05, 0.1) is 12.7 Å². The number of benzene rings is 1. The van der Waals surface area contributed by atoms with Gasteiger partial charge in [0.2, 0.25) is 0 Å². The molecule has 0 amide bonds. The maximum atomic E-state index is 12.5. The first-order chi connectivity index (χ1) is 7.75. The predicted octanol–water partition coefficient (Wildman–Crippen LogP) is 3.06. The molecule has 0 bridgehead atoms. The zero-order valence-electron chi connectivity index (χ0n) is 9.12. The third kappa shape index (κ3) is 4.15. The van der Waals surface area contributed by atoms with Crippen molar-refractivity contribution in [1.82, 2.24) is 0 Å². The highest BCUT2D eigenvalue weighted by Gasteiger charge is 2.32. The largest absolute Gasteiger partial charge is 0.468 e. The van der Waals surface area contributed by atoms with Gasteiger partial charge in [0.25, 0.3) is 0 Å². The second kappa shape index (κ2) is 6.40. The van der Waals surface area contributed by atoms with Crippen LogP contribution in [-0.2, 0) is 15.7 Å². The first kappa shape index (κ1) is 17.2. The summed E-state index contributed by atoms with van der Waals surface area (Å²) in [7, 11) is 1.12. The topological polar surface area (TPSA) is 52.3 Å². The highest BCUT2D eigenvalue weighted by atomic mass is 79.9. The molecule has 1 rings (SSSR count). The summed E-state index contributed by atoms with van der Waals surface area (Å²) < 4.78 is 42.1. The lowest BCUT2D eigenvalue weighted by molar-refractivity contribution is -0.143. The van der Waals surface area contributed by atoms with Gasteiger partial charge in [0.15, 0.2) is 0 Å². The normalized spacial score (nSPS) is 12.6. The predicted molar refractivity (Wildman–Crippen MR) is 65.3 cm³/mol. The molecule has 0 unspecified atom stereocenters. The molecule has 0 radical (unpaired) electrons. The van der Waals surface area contributed by atoms with Gasteiger partial charge >= 0.3 is 12.1 Å². The van der Waals surface area contributed by atoms with Crippen molar-refractivity contribution in [3.8, 4) is 0 Å². The molecule has 102 valence electrons. The fraction of sp³-hybridized carbons (Fsp3) is 0.300. The highest BCUT2D eigenvalue weighted by molar-refractivity contribution is 9.10. The number of ether oxygens (including phenoxy) is 1. The summed E-state index contributed by atoms with van der Waals surface area (Å²) in [4.78, 5) is 11.1. The number of rotatable bonds is 2. The lowest BCUT2D eigenvalue weighted by Gasteiger charge is -2.13. The van der Waals surface area contributed by atoms with Crippen LogP contribution in [0.4, 0.5) is 13.2 Å². The average Bonchev–Trinajstić information content (AvgIpc) is 2.25. The zero-order chi connectivity index (χ0) is 13.2. The van der Waals surface area contributed by atoms with E-state index < -0.39 is 23.8 Å². The molecule has 0 fully saturated rings. The van der Waals surface area contributed by atoms with E-state index in [1.807, 2.05) is 0 Å². The van der Waals surface area contributed by atoms with Gasteiger partial charge in [-0.1, -0.05) is 15.9 Å². The number of halogens is 5. The lowest BCUT2D eigenvalue weighted by atomic mass is 10.0. The molecule has 1 aromatic carbocycles. The van der Waals surface area contributed by atoms with Crippen molar-refractivity contribution in [2.24, 2.45) is 5.73 Å². The monoisotopic (exact) mass is 347 g/mol. The van der Waals surface area contributed by atoms with Gasteiger partial charge in [-0.3, -0.25) is 4.79 Å². The molecule has 1 aromatic rings. The molecule has 0 spiro atoms. The Balaban J connectivity index is 0.00000289. The number of carbonyl (C=O) groups excluding carboxylic acids is 1. The summed E-state index contributed by atoms with van der Waals surface area (Å²) in [5.74, 6) is -0.795. The quantitative estimate of drug-likeness (QED) is 0.836. The van der Waals surface area contributed by atoms with Crippen molar-refractivity contribution in [3.63, 3.8) is 0 Å². The van der Waals surface area contributed by atoms with Crippen LogP contribution in [0.3, 0.4) is 0 Å². The van der Waals surface area contributed by atoms with E-state index in [-0.39, 0.29) is 22.4 Å². The number of hydrogen-bond donors (Lipinski definition) is 1. The minimum atomic E-state index is -4.49. The average molecular weight is 349 g/mol. The van der Waals surface area contributed by atoms with Crippen LogP contribution in [0.1, 0.15) is 17.2 Å². The maximum Gasteiger partial charge on any atom is 0.416 e. The summed E-state index contributed by atoms with van der Waals surface area (Å²) >= 11 is 2.94. The molecule has 0 aliphatic heterocycles. The Morgan fingerprint density at radius 3 is 2.39 bits per heavy atom. The SMILES string of the molecule is COC(=O)[C@H](N)c1cc(Br)cc(C(F)(F)F)c1.Cl. The summed E-state index contributed by atoms with van der Waals surface area (Å²) in [5, 5.41) is 0. The van der Waals surface area contributed by atoms with Gasteiger partial charge in [-0.2, -0.15) is 13.2 Å². The highest BCUT2D eigenvalue weighted by Crippen LogP contribution is 2.33. The molecule has 0 aromatic heterocycles. The molecule has 0 heterocycles. The molecule has 1 atom stereocenters. The van der Waals surface area contributed by atoms with E-state index in [0.29, 0.717) is 0 Å². The van der Waals surface area contributed by atoms with Crippen molar-refractivity contribution in [2.75, 3.05) is 7.11 Å². The third-order valence-electron chi connectivity index (χ3n) is 2.06. The number of hydrogen-bond acceptors (Lipinski definition) is 3. The van der Waals surface area contributed by atoms with Crippen molar-refractivity contribution in [1.29, 1.82) is 0 Å². The molecule has 0 saturated carbocycles. The van der Waals surface area contributed by atoms with Gasteiger partial charge in [-0.05, 0) is 23.8 Å². The summed E-state index contributed by atoms with van der Waals surface area (Å²) in [6, 6.07) is 1.84. The van der Waals surface area contributed by atoms with Crippen LogP contribution in [0.25, 0.3) is 0 Å². The van der Waals surface area contributed by atoms with E-state index in [9.17, 15) is 18.0 Å². The second-order valence-electron chi connectivity index (χ2n) is 3.27. The molecule has 0 saturated heterocycles. The maximum absolute atomic E-state index is 12.5. The van der Waals surface area contributed by atoms with Gasteiger partial charge in [-0.15, -0.1) is 12.4 Å². The fourth-order valence-electron chi connectivity index (χ4n) is 1.22. The second-order valence-corrected chi connectivity index (χ2v) is 4.19. The molecule has 18 heavy (non-hydrogen) atoms. The van der Waals surface area contributed by atoms with E-state index in [4.69, 9.17) is 5.73 Å².